The van der Waals surface area contributed by atoms with E-state index in [-0.39, 0.29) is 11.1 Å². The molecule has 0 aliphatic rings. The molecule has 0 atom stereocenters. The summed E-state index contributed by atoms with van der Waals surface area (Å²) in [6, 6.07) is 10.2. The van der Waals surface area contributed by atoms with E-state index < -0.39 is 11.7 Å². The number of ether oxygens (including phenoxy) is 1. The van der Waals surface area contributed by atoms with Crippen LogP contribution in [0.4, 0.5) is 10.5 Å². The number of nitrogens with zero attached hydrogens (tertiary/aromatic N) is 1. The van der Waals surface area contributed by atoms with Crippen molar-refractivity contribution in [3.63, 3.8) is 0 Å². The summed E-state index contributed by atoms with van der Waals surface area (Å²) in [5.74, 6) is -0.274. The van der Waals surface area contributed by atoms with Crippen molar-refractivity contribution < 1.29 is 14.3 Å². The van der Waals surface area contributed by atoms with Crippen molar-refractivity contribution in [2.75, 3.05) is 5.32 Å². The summed E-state index contributed by atoms with van der Waals surface area (Å²) in [6.45, 7) is 5.75. The summed E-state index contributed by atoms with van der Waals surface area (Å²) >= 11 is 5.78. The molecule has 0 aliphatic heterocycles. The second-order valence-corrected chi connectivity index (χ2v) is 6.76. The number of nitrogens with one attached hydrogen (secondary N) is 2. The van der Waals surface area contributed by atoms with Crippen LogP contribution >= 0.6 is 11.6 Å². The molecule has 0 fully saturated rings. The number of halogens is 1. The maximum Gasteiger partial charge on any atom is 0.407 e. The Hall–Kier alpha value is -2.60. The molecule has 6 nitrogen and oxygen atoms in total. The molecule has 2 amide bonds. The van der Waals surface area contributed by atoms with Gasteiger partial charge in [0.05, 0.1) is 0 Å². The Morgan fingerprint density at radius 1 is 1.16 bits per heavy atom. The third-order valence-corrected chi connectivity index (χ3v) is 3.24. The molecule has 7 heteroatoms. The summed E-state index contributed by atoms with van der Waals surface area (Å²) in [5, 5.41) is 5.71. The molecule has 0 spiro atoms. The first-order chi connectivity index (χ1) is 11.7. The number of hydrogen-bond acceptors (Lipinski definition) is 4. The van der Waals surface area contributed by atoms with Crippen molar-refractivity contribution in [1.29, 1.82) is 0 Å². The van der Waals surface area contributed by atoms with Gasteiger partial charge in [-0.1, -0.05) is 23.7 Å². The number of carbonyl (C=O) groups is 2. The minimum absolute atomic E-state index is 0.260. The van der Waals surface area contributed by atoms with Crippen molar-refractivity contribution >= 4 is 29.3 Å². The van der Waals surface area contributed by atoms with E-state index in [2.05, 4.69) is 15.6 Å². The van der Waals surface area contributed by atoms with Crippen molar-refractivity contribution in [3.05, 3.63) is 58.9 Å². The van der Waals surface area contributed by atoms with Crippen LogP contribution in [0.15, 0.2) is 42.6 Å². The zero-order valence-corrected chi connectivity index (χ0v) is 15.1. The zero-order chi connectivity index (χ0) is 18.4. The fraction of sp³-hybridized carbons (Fsp3) is 0.278. The molecule has 0 saturated carbocycles. The molecule has 0 unspecified atom stereocenters. The molecule has 0 aliphatic carbocycles. The first-order valence-corrected chi connectivity index (χ1v) is 8.09. The average Bonchev–Trinajstić information content (AvgIpc) is 2.52. The molecule has 2 aromatic rings. The minimum atomic E-state index is -0.534. The Morgan fingerprint density at radius 2 is 1.84 bits per heavy atom. The Balaban J connectivity index is 1.89. The molecule has 2 N–H and O–H groups in total. The Morgan fingerprint density at radius 3 is 2.44 bits per heavy atom. The number of pyridine rings is 1. The Kier molecular flexibility index (Phi) is 5.98. The highest BCUT2D eigenvalue weighted by Gasteiger charge is 2.15. The van der Waals surface area contributed by atoms with Crippen LogP contribution in [0.3, 0.4) is 0 Å². The number of carbonyl (C=O) groups excluding carboxylic acids is 2. The second kappa shape index (κ2) is 7.98. The van der Waals surface area contributed by atoms with E-state index in [1.54, 1.807) is 39.0 Å². The van der Waals surface area contributed by atoms with Gasteiger partial charge in [-0.15, -0.1) is 0 Å². The standard InChI is InChI=1S/C18H20ClN3O3/c1-18(2,3)25-17(24)21-11-12-4-6-14(7-5-12)22-16(23)13-8-9-20-15(19)10-13/h4-10H,11H2,1-3H3,(H,21,24)(H,22,23). The van der Waals surface area contributed by atoms with Gasteiger partial charge in [-0.2, -0.15) is 0 Å². The van der Waals surface area contributed by atoms with Crippen molar-refractivity contribution in [1.82, 2.24) is 10.3 Å². The molecule has 0 bridgehead atoms. The fourth-order valence-electron chi connectivity index (χ4n) is 1.94. The molecule has 1 aromatic heterocycles. The second-order valence-electron chi connectivity index (χ2n) is 6.37. The lowest BCUT2D eigenvalue weighted by molar-refractivity contribution is 0.0523. The molecule has 0 saturated heterocycles. The van der Waals surface area contributed by atoms with Crippen molar-refractivity contribution in [2.45, 2.75) is 32.9 Å². The summed E-state index contributed by atoms with van der Waals surface area (Å²) in [5.41, 5.74) is 1.42. The minimum Gasteiger partial charge on any atom is -0.444 e. The van der Waals surface area contributed by atoms with Gasteiger partial charge in [0.15, 0.2) is 0 Å². The van der Waals surface area contributed by atoms with Crippen LogP contribution in [0.25, 0.3) is 0 Å². The molecule has 0 radical (unpaired) electrons. The van der Waals surface area contributed by atoms with Crippen LogP contribution in [0.5, 0.6) is 0 Å². The van der Waals surface area contributed by atoms with Crippen LogP contribution in [0.1, 0.15) is 36.7 Å². The van der Waals surface area contributed by atoms with Gasteiger partial charge in [0.25, 0.3) is 5.91 Å². The first kappa shape index (κ1) is 18.7. The molecule has 1 heterocycles. The van der Waals surface area contributed by atoms with Crippen LogP contribution < -0.4 is 10.6 Å². The maximum absolute atomic E-state index is 12.1. The van der Waals surface area contributed by atoms with Crippen molar-refractivity contribution in [3.8, 4) is 0 Å². The number of hydrogen-bond donors (Lipinski definition) is 2. The van der Waals surface area contributed by atoms with Gasteiger partial charge in [0, 0.05) is 24.0 Å². The van der Waals surface area contributed by atoms with Gasteiger partial charge < -0.3 is 15.4 Å². The quantitative estimate of drug-likeness (QED) is 0.806. The number of alkyl carbamates (subject to hydrolysis) is 1. The van der Waals surface area contributed by atoms with Crippen LogP contribution in [-0.4, -0.2) is 22.6 Å². The van der Waals surface area contributed by atoms with E-state index in [1.807, 2.05) is 12.1 Å². The maximum atomic E-state index is 12.1. The van der Waals surface area contributed by atoms with E-state index >= 15 is 0 Å². The highest BCUT2D eigenvalue weighted by molar-refractivity contribution is 6.29. The van der Waals surface area contributed by atoms with E-state index in [0.717, 1.165) is 5.56 Å². The third-order valence-electron chi connectivity index (χ3n) is 3.04. The van der Waals surface area contributed by atoms with Gasteiger partial charge in [-0.25, -0.2) is 9.78 Å². The van der Waals surface area contributed by atoms with Crippen LogP contribution in [0.2, 0.25) is 5.15 Å². The Bertz CT molecular complexity index is 755. The lowest BCUT2D eigenvalue weighted by atomic mass is 10.2. The third kappa shape index (κ3) is 6.43. The Labute approximate surface area is 151 Å². The summed E-state index contributed by atoms with van der Waals surface area (Å²) in [7, 11) is 0. The van der Waals surface area contributed by atoms with Gasteiger partial charge in [0.1, 0.15) is 10.8 Å². The van der Waals surface area contributed by atoms with E-state index in [4.69, 9.17) is 16.3 Å². The van der Waals surface area contributed by atoms with Gasteiger partial charge in [0.2, 0.25) is 0 Å². The number of aromatic nitrogens is 1. The summed E-state index contributed by atoms with van der Waals surface area (Å²) < 4.78 is 5.17. The van der Waals surface area contributed by atoms with Gasteiger partial charge in [-0.05, 0) is 50.6 Å². The smallest absolute Gasteiger partial charge is 0.407 e. The monoisotopic (exact) mass is 361 g/mol. The summed E-state index contributed by atoms with van der Waals surface area (Å²) in [4.78, 5) is 27.6. The first-order valence-electron chi connectivity index (χ1n) is 7.72. The van der Waals surface area contributed by atoms with Crippen LogP contribution in [-0.2, 0) is 11.3 Å². The molecular weight excluding hydrogens is 342 g/mol. The predicted octanol–water partition coefficient (Wildman–Crippen LogP) is 4.01. The zero-order valence-electron chi connectivity index (χ0n) is 14.3. The molecule has 1 aromatic carbocycles. The van der Waals surface area contributed by atoms with Gasteiger partial charge in [-0.3, -0.25) is 4.79 Å². The SMILES string of the molecule is CC(C)(C)OC(=O)NCc1ccc(NC(=O)c2ccnc(Cl)c2)cc1. The number of benzene rings is 1. The normalized spacial score (nSPS) is 10.9. The summed E-state index contributed by atoms with van der Waals surface area (Å²) in [6.07, 6.45) is 1.00. The largest absolute Gasteiger partial charge is 0.444 e. The molecule has 25 heavy (non-hydrogen) atoms. The predicted molar refractivity (Wildman–Crippen MR) is 96.7 cm³/mol. The number of amides is 2. The highest BCUT2D eigenvalue weighted by Crippen LogP contribution is 2.13. The lowest BCUT2D eigenvalue weighted by Crippen LogP contribution is -2.32. The van der Waals surface area contributed by atoms with E-state index in [9.17, 15) is 9.59 Å². The fourth-order valence-corrected chi connectivity index (χ4v) is 2.12. The average molecular weight is 362 g/mol. The lowest BCUT2D eigenvalue weighted by Gasteiger charge is -2.19. The van der Waals surface area contributed by atoms with Crippen LogP contribution in [0, 0.1) is 0 Å². The topological polar surface area (TPSA) is 80.3 Å². The molecular formula is C18H20ClN3O3. The van der Waals surface area contributed by atoms with Crippen molar-refractivity contribution in [2.24, 2.45) is 0 Å². The number of anilines is 1. The molecule has 2 rings (SSSR count). The van der Waals surface area contributed by atoms with E-state index in [0.29, 0.717) is 17.8 Å². The van der Waals surface area contributed by atoms with Gasteiger partial charge >= 0.3 is 6.09 Å². The van der Waals surface area contributed by atoms with E-state index in [1.165, 1.54) is 12.3 Å². The highest BCUT2D eigenvalue weighted by atomic mass is 35.5. The number of rotatable bonds is 4. The molecule has 132 valence electrons.